The zero-order valence-corrected chi connectivity index (χ0v) is 14.4. The molecule has 2 amide bonds. The second-order valence-electron chi connectivity index (χ2n) is 7.00. The second kappa shape index (κ2) is 7.63. The Hall–Kier alpha value is -2.44. The average Bonchev–Trinajstić information content (AvgIpc) is 2.59. The lowest BCUT2D eigenvalue weighted by atomic mass is 9.92. The summed E-state index contributed by atoms with van der Waals surface area (Å²) < 4.78 is 13.0. The highest BCUT2D eigenvalue weighted by atomic mass is 19.1. The summed E-state index contributed by atoms with van der Waals surface area (Å²) in [7, 11) is 0. The van der Waals surface area contributed by atoms with Crippen LogP contribution in [0, 0.1) is 17.2 Å². The molecule has 1 aromatic rings. The topological polar surface area (TPSA) is 86.7 Å². The van der Waals surface area contributed by atoms with E-state index in [2.05, 4.69) is 5.32 Å². The van der Waals surface area contributed by atoms with Gasteiger partial charge in [0.1, 0.15) is 5.82 Å². The van der Waals surface area contributed by atoms with Gasteiger partial charge in [0.15, 0.2) is 0 Å². The Bertz CT molecular complexity index is 658. The Labute approximate surface area is 146 Å². The molecule has 1 heterocycles. The summed E-state index contributed by atoms with van der Waals surface area (Å²) in [4.78, 5) is 37.5. The summed E-state index contributed by atoms with van der Waals surface area (Å²) in [5.41, 5.74) is -0.664. The number of carboxylic acids is 1. The summed E-state index contributed by atoms with van der Waals surface area (Å²) in [5.74, 6) is -2.24. The van der Waals surface area contributed by atoms with Crippen molar-refractivity contribution >= 4 is 17.8 Å². The number of carbonyl (C=O) groups excluding carboxylic acids is 2. The van der Waals surface area contributed by atoms with Crippen molar-refractivity contribution in [2.45, 2.75) is 26.7 Å². The van der Waals surface area contributed by atoms with E-state index < -0.39 is 17.2 Å². The van der Waals surface area contributed by atoms with Gasteiger partial charge in [0.25, 0.3) is 5.91 Å². The van der Waals surface area contributed by atoms with Crippen molar-refractivity contribution in [3.8, 4) is 0 Å². The van der Waals surface area contributed by atoms with Crippen LogP contribution >= 0.6 is 0 Å². The van der Waals surface area contributed by atoms with Gasteiger partial charge in [0.05, 0.1) is 11.3 Å². The molecule has 0 bridgehead atoms. The molecule has 6 nitrogen and oxygen atoms in total. The van der Waals surface area contributed by atoms with Crippen molar-refractivity contribution in [2.24, 2.45) is 11.3 Å². The molecule has 25 heavy (non-hydrogen) atoms. The molecule has 1 atom stereocenters. The molecule has 1 aliphatic heterocycles. The number of amides is 2. The summed E-state index contributed by atoms with van der Waals surface area (Å²) in [6.07, 6.45) is 1.33. The van der Waals surface area contributed by atoms with Crippen LogP contribution in [-0.2, 0) is 9.59 Å². The largest absolute Gasteiger partial charge is 0.481 e. The Morgan fingerprint density at radius 3 is 2.52 bits per heavy atom. The fraction of sp³-hybridized carbons (Fsp3) is 0.500. The zero-order valence-electron chi connectivity index (χ0n) is 14.4. The van der Waals surface area contributed by atoms with Crippen molar-refractivity contribution in [2.75, 3.05) is 19.6 Å². The maximum atomic E-state index is 13.0. The molecule has 0 spiro atoms. The van der Waals surface area contributed by atoms with Gasteiger partial charge in [-0.15, -0.1) is 0 Å². The third-order valence-corrected chi connectivity index (χ3v) is 4.45. The van der Waals surface area contributed by atoms with E-state index in [9.17, 15) is 18.8 Å². The van der Waals surface area contributed by atoms with Crippen LogP contribution in [0.2, 0.25) is 0 Å². The van der Waals surface area contributed by atoms with Crippen LogP contribution in [0.3, 0.4) is 0 Å². The lowest BCUT2D eigenvalue weighted by Gasteiger charge is -2.32. The minimum Gasteiger partial charge on any atom is -0.481 e. The van der Waals surface area contributed by atoms with Crippen LogP contribution in [0.5, 0.6) is 0 Å². The zero-order chi connectivity index (χ0) is 18.6. The third kappa shape index (κ3) is 4.78. The number of nitrogens with zero attached hydrogens (tertiary/aromatic N) is 1. The van der Waals surface area contributed by atoms with Crippen LogP contribution < -0.4 is 5.32 Å². The van der Waals surface area contributed by atoms with Crippen LogP contribution in [0.15, 0.2) is 24.3 Å². The first kappa shape index (κ1) is 18.9. The van der Waals surface area contributed by atoms with Crippen LogP contribution in [0.25, 0.3) is 0 Å². The number of benzene rings is 1. The molecular weight excluding hydrogens is 327 g/mol. The van der Waals surface area contributed by atoms with Crippen molar-refractivity contribution in [3.05, 3.63) is 35.6 Å². The van der Waals surface area contributed by atoms with Gasteiger partial charge in [-0.2, -0.15) is 0 Å². The van der Waals surface area contributed by atoms with E-state index in [-0.39, 0.29) is 30.8 Å². The monoisotopic (exact) mass is 350 g/mol. The van der Waals surface area contributed by atoms with Gasteiger partial charge in [-0.3, -0.25) is 14.4 Å². The Kier molecular flexibility index (Phi) is 5.77. The molecule has 0 aliphatic carbocycles. The fourth-order valence-corrected chi connectivity index (χ4v) is 2.68. The van der Waals surface area contributed by atoms with Crippen molar-refractivity contribution in [1.29, 1.82) is 0 Å². The van der Waals surface area contributed by atoms with Crippen molar-refractivity contribution in [3.63, 3.8) is 0 Å². The van der Waals surface area contributed by atoms with E-state index >= 15 is 0 Å². The molecule has 2 rings (SSSR count). The van der Waals surface area contributed by atoms with E-state index in [4.69, 9.17) is 5.11 Å². The van der Waals surface area contributed by atoms with E-state index in [0.29, 0.717) is 24.9 Å². The van der Waals surface area contributed by atoms with Gasteiger partial charge in [-0.05, 0) is 51.0 Å². The van der Waals surface area contributed by atoms with Crippen molar-refractivity contribution in [1.82, 2.24) is 10.2 Å². The summed E-state index contributed by atoms with van der Waals surface area (Å²) in [6.45, 7) is 3.93. The van der Waals surface area contributed by atoms with E-state index in [1.807, 2.05) is 0 Å². The van der Waals surface area contributed by atoms with Gasteiger partial charge in [-0.25, -0.2) is 4.39 Å². The number of hydrogen-bond donors (Lipinski definition) is 2. The molecule has 1 fully saturated rings. The number of piperidine rings is 1. The highest BCUT2D eigenvalue weighted by molar-refractivity contribution is 5.94. The Balaban J connectivity index is 1.95. The fourth-order valence-electron chi connectivity index (χ4n) is 2.68. The van der Waals surface area contributed by atoms with Gasteiger partial charge < -0.3 is 15.3 Å². The third-order valence-electron chi connectivity index (χ3n) is 4.45. The molecule has 136 valence electrons. The SMILES string of the molecule is CC(C)(CNC(=O)C1CCCN(C(=O)c2ccc(F)cc2)C1)C(=O)O. The van der Waals surface area contributed by atoms with Crippen LogP contribution in [0.4, 0.5) is 4.39 Å². The summed E-state index contributed by atoms with van der Waals surface area (Å²) in [5, 5.41) is 11.8. The lowest BCUT2D eigenvalue weighted by Crippen LogP contribution is -2.47. The van der Waals surface area contributed by atoms with E-state index in [1.54, 1.807) is 18.7 Å². The quantitative estimate of drug-likeness (QED) is 0.849. The molecule has 1 unspecified atom stereocenters. The van der Waals surface area contributed by atoms with Gasteiger partial charge in [0.2, 0.25) is 5.91 Å². The van der Waals surface area contributed by atoms with Crippen LogP contribution in [-0.4, -0.2) is 47.4 Å². The molecule has 7 heteroatoms. The number of rotatable bonds is 5. The minimum atomic E-state index is -1.05. The average molecular weight is 350 g/mol. The maximum Gasteiger partial charge on any atom is 0.310 e. The number of hydrogen-bond acceptors (Lipinski definition) is 3. The number of carboxylic acid groups (broad SMARTS) is 1. The molecule has 0 saturated carbocycles. The number of nitrogens with one attached hydrogen (secondary N) is 1. The molecule has 1 aromatic carbocycles. The highest BCUT2D eigenvalue weighted by Gasteiger charge is 2.32. The summed E-state index contributed by atoms with van der Waals surface area (Å²) >= 11 is 0. The first-order valence-electron chi connectivity index (χ1n) is 8.26. The Morgan fingerprint density at radius 1 is 1.28 bits per heavy atom. The predicted molar refractivity (Wildman–Crippen MR) is 89.5 cm³/mol. The molecule has 2 N–H and O–H groups in total. The molecule has 1 saturated heterocycles. The Morgan fingerprint density at radius 2 is 1.92 bits per heavy atom. The van der Waals surface area contributed by atoms with Gasteiger partial charge in [-0.1, -0.05) is 0 Å². The number of aliphatic carboxylic acids is 1. The smallest absolute Gasteiger partial charge is 0.310 e. The molecular formula is C18H23FN2O4. The van der Waals surface area contributed by atoms with Gasteiger partial charge >= 0.3 is 5.97 Å². The first-order valence-corrected chi connectivity index (χ1v) is 8.26. The number of carbonyl (C=O) groups is 3. The molecule has 1 aliphatic rings. The van der Waals surface area contributed by atoms with Crippen LogP contribution in [0.1, 0.15) is 37.0 Å². The first-order chi connectivity index (χ1) is 11.7. The number of halogens is 1. The number of likely N-dealkylation sites (tertiary alicyclic amines) is 1. The predicted octanol–water partition coefficient (Wildman–Crippen LogP) is 1.90. The highest BCUT2D eigenvalue weighted by Crippen LogP contribution is 2.20. The van der Waals surface area contributed by atoms with E-state index in [1.165, 1.54) is 24.3 Å². The lowest BCUT2D eigenvalue weighted by molar-refractivity contribution is -0.146. The standard InChI is InChI=1S/C18H23FN2O4/c1-18(2,17(24)25)11-20-15(22)13-4-3-9-21(10-13)16(23)12-5-7-14(19)8-6-12/h5-8,13H,3-4,9-11H2,1-2H3,(H,20,22)(H,24,25). The van der Waals surface area contributed by atoms with Crippen molar-refractivity contribution < 1.29 is 23.9 Å². The normalized spacial score (nSPS) is 17.9. The van der Waals surface area contributed by atoms with E-state index in [0.717, 1.165) is 0 Å². The second-order valence-corrected chi connectivity index (χ2v) is 7.00. The maximum absolute atomic E-state index is 13.0. The summed E-state index contributed by atoms with van der Waals surface area (Å²) in [6, 6.07) is 5.32. The van der Waals surface area contributed by atoms with Gasteiger partial charge in [0, 0.05) is 25.2 Å². The molecule has 0 aromatic heterocycles. The molecule has 0 radical (unpaired) electrons. The minimum absolute atomic E-state index is 0.0313.